The average Bonchev–Trinajstić information content (AvgIpc) is 3.21. The Labute approximate surface area is 206 Å². The van der Waals surface area contributed by atoms with E-state index in [9.17, 15) is 4.79 Å². The fourth-order valence-electron chi connectivity index (χ4n) is 4.96. The molecule has 0 fully saturated rings. The van der Waals surface area contributed by atoms with E-state index in [1.807, 2.05) is 47.0 Å². The van der Waals surface area contributed by atoms with Crippen molar-refractivity contribution in [2.24, 2.45) is 4.99 Å². The summed E-state index contributed by atoms with van der Waals surface area (Å²) in [6.07, 6.45) is 7.07. The first-order valence-electron chi connectivity index (χ1n) is 11.4. The van der Waals surface area contributed by atoms with Crippen molar-refractivity contribution in [3.8, 4) is 11.5 Å². The molecule has 174 valence electrons. The molecule has 1 aliphatic carbocycles. The smallest absolute Gasteiger partial charge is 0.271 e. The van der Waals surface area contributed by atoms with Gasteiger partial charge in [0, 0.05) is 23.5 Å². The van der Waals surface area contributed by atoms with Crippen molar-refractivity contribution in [1.82, 2.24) is 9.55 Å². The highest BCUT2D eigenvalue weighted by molar-refractivity contribution is 7.07. The monoisotopic (exact) mass is 481 g/mol. The Balaban J connectivity index is 1.67. The van der Waals surface area contributed by atoms with Crippen LogP contribution in [-0.2, 0) is 6.42 Å². The maximum Gasteiger partial charge on any atom is 0.271 e. The third-order valence-electron chi connectivity index (χ3n) is 6.61. The van der Waals surface area contributed by atoms with Gasteiger partial charge in [0.15, 0.2) is 4.80 Å². The van der Waals surface area contributed by atoms with Gasteiger partial charge in [0.05, 0.1) is 30.5 Å². The molecule has 6 rings (SSSR count). The molecule has 7 heteroatoms. The van der Waals surface area contributed by atoms with Crippen LogP contribution in [0.25, 0.3) is 11.8 Å². The number of hydrogen-bond donors (Lipinski definition) is 0. The summed E-state index contributed by atoms with van der Waals surface area (Å²) in [5, 5.41) is 0. The van der Waals surface area contributed by atoms with Gasteiger partial charge in [-0.05, 0) is 65.9 Å². The third-order valence-corrected chi connectivity index (χ3v) is 7.59. The van der Waals surface area contributed by atoms with Gasteiger partial charge in [0.2, 0.25) is 0 Å². The standard InChI is InChI=1S/C28H23N3O3S/c1-33-19-8-10-23(34-2)22(16-19)26-21-9-7-18-5-3-4-6-20(18)25(21)30-28-31(26)27(32)24(35-28)15-17-11-13-29-14-12-17/h3-6,8,10-16,26H,7,9H2,1-2H3/b24-15-/t26-/m0/s1. The minimum Gasteiger partial charge on any atom is -0.497 e. The lowest BCUT2D eigenvalue weighted by atomic mass is 9.83. The van der Waals surface area contributed by atoms with Gasteiger partial charge in [-0.15, -0.1) is 0 Å². The molecular formula is C28H23N3O3S. The van der Waals surface area contributed by atoms with Crippen molar-refractivity contribution < 1.29 is 9.47 Å². The van der Waals surface area contributed by atoms with Crippen LogP contribution in [0.15, 0.2) is 82.4 Å². The molecule has 0 N–H and O–H groups in total. The van der Waals surface area contributed by atoms with Crippen LogP contribution in [0.4, 0.5) is 0 Å². The Morgan fingerprint density at radius 3 is 2.66 bits per heavy atom. The molecule has 35 heavy (non-hydrogen) atoms. The zero-order valence-electron chi connectivity index (χ0n) is 19.4. The molecule has 0 saturated heterocycles. The summed E-state index contributed by atoms with van der Waals surface area (Å²) in [5.41, 5.74) is 6.25. The summed E-state index contributed by atoms with van der Waals surface area (Å²) in [4.78, 5) is 23.7. The van der Waals surface area contributed by atoms with Crippen molar-refractivity contribution in [2.75, 3.05) is 14.2 Å². The van der Waals surface area contributed by atoms with Crippen LogP contribution in [0, 0.1) is 0 Å². The minimum absolute atomic E-state index is 0.0640. The molecule has 0 radical (unpaired) electrons. The number of aryl methyl sites for hydroxylation is 1. The van der Waals surface area contributed by atoms with Gasteiger partial charge in [0.1, 0.15) is 11.5 Å². The molecule has 4 aromatic rings. The number of ether oxygens (including phenoxy) is 2. The number of rotatable bonds is 4. The fourth-order valence-corrected chi connectivity index (χ4v) is 5.96. The summed E-state index contributed by atoms with van der Waals surface area (Å²) < 4.78 is 13.8. The second kappa shape index (κ2) is 8.67. The van der Waals surface area contributed by atoms with Gasteiger partial charge in [-0.1, -0.05) is 35.6 Å². The molecule has 0 spiro atoms. The second-order valence-electron chi connectivity index (χ2n) is 8.50. The molecule has 1 aliphatic heterocycles. The van der Waals surface area contributed by atoms with E-state index in [0.717, 1.165) is 46.6 Å². The second-order valence-corrected chi connectivity index (χ2v) is 9.51. The quantitative estimate of drug-likeness (QED) is 0.446. The number of pyridine rings is 1. The van der Waals surface area contributed by atoms with Crippen LogP contribution >= 0.6 is 11.3 Å². The maximum absolute atomic E-state index is 13.8. The molecule has 3 heterocycles. The number of allylic oxidation sites excluding steroid dienone is 1. The zero-order chi connectivity index (χ0) is 23.9. The van der Waals surface area contributed by atoms with Crippen molar-refractivity contribution >= 4 is 23.1 Å². The van der Waals surface area contributed by atoms with Crippen LogP contribution in [0.3, 0.4) is 0 Å². The van der Waals surface area contributed by atoms with Crippen LogP contribution in [0.2, 0.25) is 0 Å². The molecule has 0 unspecified atom stereocenters. The number of hydrogen-bond acceptors (Lipinski definition) is 6. The zero-order valence-corrected chi connectivity index (χ0v) is 20.2. The minimum atomic E-state index is -0.334. The van der Waals surface area contributed by atoms with Crippen LogP contribution < -0.4 is 24.4 Å². The first-order chi connectivity index (χ1) is 17.2. The van der Waals surface area contributed by atoms with Crippen molar-refractivity contribution in [1.29, 1.82) is 0 Å². The summed E-state index contributed by atoms with van der Waals surface area (Å²) in [6, 6.07) is 17.6. The Morgan fingerprint density at radius 1 is 1.03 bits per heavy atom. The van der Waals surface area contributed by atoms with Crippen molar-refractivity contribution in [2.45, 2.75) is 18.9 Å². The lowest BCUT2D eigenvalue weighted by molar-refractivity contribution is 0.392. The molecule has 1 atom stereocenters. The fraction of sp³-hybridized carbons (Fsp3) is 0.179. The number of thiazole rings is 1. The van der Waals surface area contributed by atoms with Gasteiger partial charge >= 0.3 is 0 Å². The molecule has 2 aromatic heterocycles. The van der Waals surface area contributed by atoms with E-state index in [1.54, 1.807) is 26.6 Å². The number of nitrogens with zero attached hydrogens (tertiary/aromatic N) is 3. The van der Waals surface area contributed by atoms with E-state index in [-0.39, 0.29) is 11.6 Å². The highest BCUT2D eigenvalue weighted by Gasteiger charge is 2.34. The van der Waals surface area contributed by atoms with Gasteiger partial charge in [-0.3, -0.25) is 14.3 Å². The highest BCUT2D eigenvalue weighted by Crippen LogP contribution is 2.44. The van der Waals surface area contributed by atoms with Crippen LogP contribution in [0.5, 0.6) is 11.5 Å². The summed E-state index contributed by atoms with van der Waals surface area (Å²) >= 11 is 1.41. The highest BCUT2D eigenvalue weighted by atomic mass is 32.1. The van der Waals surface area contributed by atoms with Crippen LogP contribution in [-0.4, -0.2) is 23.8 Å². The Kier molecular flexibility index (Phi) is 5.34. The average molecular weight is 482 g/mol. The largest absolute Gasteiger partial charge is 0.497 e. The van der Waals surface area contributed by atoms with Gasteiger partial charge < -0.3 is 9.47 Å². The molecule has 6 nitrogen and oxygen atoms in total. The van der Waals surface area contributed by atoms with Crippen molar-refractivity contribution in [3.63, 3.8) is 0 Å². The Hall–Kier alpha value is -3.97. The number of fused-ring (bicyclic) bond motifs is 3. The SMILES string of the molecule is COc1ccc(OC)c([C@@H]2C3=C(N=c4s/c(=C\c5ccncc5)c(=O)n42)c2ccccc2CC3)c1. The van der Waals surface area contributed by atoms with Gasteiger partial charge in [-0.2, -0.15) is 0 Å². The summed E-state index contributed by atoms with van der Waals surface area (Å²) in [6.45, 7) is 0. The van der Waals surface area contributed by atoms with E-state index in [4.69, 9.17) is 14.5 Å². The third kappa shape index (κ3) is 3.59. The van der Waals surface area contributed by atoms with Gasteiger partial charge in [-0.25, -0.2) is 4.99 Å². The molecule has 0 bridgehead atoms. The summed E-state index contributed by atoms with van der Waals surface area (Å²) in [7, 11) is 3.30. The first kappa shape index (κ1) is 21.6. The van der Waals surface area contributed by atoms with E-state index >= 15 is 0 Å². The Bertz CT molecular complexity index is 1650. The van der Waals surface area contributed by atoms with E-state index < -0.39 is 0 Å². The predicted octanol–water partition coefficient (Wildman–Crippen LogP) is 3.73. The summed E-state index contributed by atoms with van der Waals surface area (Å²) in [5.74, 6) is 1.43. The molecule has 0 amide bonds. The Morgan fingerprint density at radius 2 is 1.86 bits per heavy atom. The first-order valence-corrected chi connectivity index (χ1v) is 12.2. The van der Waals surface area contributed by atoms with Gasteiger partial charge in [0.25, 0.3) is 5.56 Å². The van der Waals surface area contributed by atoms with E-state index in [1.165, 1.54) is 16.9 Å². The topological polar surface area (TPSA) is 65.7 Å². The number of aromatic nitrogens is 2. The predicted molar refractivity (Wildman–Crippen MR) is 137 cm³/mol. The molecule has 2 aliphatic rings. The molecule has 0 saturated carbocycles. The maximum atomic E-state index is 13.8. The normalized spacial score (nSPS) is 16.7. The lowest BCUT2D eigenvalue weighted by Crippen LogP contribution is -2.39. The van der Waals surface area contributed by atoms with Crippen molar-refractivity contribution in [3.05, 3.63) is 115 Å². The van der Waals surface area contributed by atoms with Crippen LogP contribution in [0.1, 0.15) is 34.7 Å². The van der Waals surface area contributed by atoms with E-state index in [2.05, 4.69) is 23.2 Å². The number of benzene rings is 2. The number of methoxy groups -OCH3 is 2. The van der Waals surface area contributed by atoms with E-state index in [0.29, 0.717) is 15.1 Å². The molecular weight excluding hydrogens is 458 g/mol. The lowest BCUT2D eigenvalue weighted by Gasteiger charge is -2.31. The molecule has 2 aromatic carbocycles.